The molecule has 2 amide bonds. The van der Waals surface area contributed by atoms with Gasteiger partial charge in [0.2, 0.25) is 0 Å². The quantitative estimate of drug-likeness (QED) is 0.921. The van der Waals surface area contributed by atoms with Gasteiger partial charge in [-0.15, -0.1) is 0 Å². The van der Waals surface area contributed by atoms with Gasteiger partial charge in [-0.05, 0) is 43.4 Å². The van der Waals surface area contributed by atoms with Crippen molar-refractivity contribution in [2.24, 2.45) is 5.92 Å². The lowest BCUT2D eigenvalue weighted by molar-refractivity contribution is 0.181. The van der Waals surface area contributed by atoms with Crippen molar-refractivity contribution in [1.82, 2.24) is 14.7 Å². The lowest BCUT2D eigenvalue weighted by atomic mass is 9.93. The van der Waals surface area contributed by atoms with Crippen LogP contribution in [-0.2, 0) is 24.2 Å². The molecular formula is C20H26N4O2. The van der Waals surface area contributed by atoms with Gasteiger partial charge in [0.25, 0.3) is 0 Å². The summed E-state index contributed by atoms with van der Waals surface area (Å²) in [5.41, 5.74) is 5.22. The third-order valence-corrected chi connectivity index (χ3v) is 5.40. The van der Waals surface area contributed by atoms with Crippen LogP contribution < -0.4 is 5.32 Å². The van der Waals surface area contributed by atoms with Crippen LogP contribution in [0.4, 0.5) is 10.6 Å². The average molecular weight is 354 g/mol. The standard InChI is InChI=1S/C20H26N4O2/c1-14-9-15(2)18-12-23(7-4-17(18)10-14)20(25)22-19-3-6-21-24(19)11-16-5-8-26-13-16/h3,6,9-10,16H,4-5,7-8,11-13H2,1-2H3,(H,22,25). The average Bonchev–Trinajstić information content (AvgIpc) is 3.27. The summed E-state index contributed by atoms with van der Waals surface area (Å²) in [6.45, 7) is 8.04. The highest BCUT2D eigenvalue weighted by Crippen LogP contribution is 2.25. The third kappa shape index (κ3) is 3.46. The second kappa shape index (κ2) is 7.11. The molecule has 6 nitrogen and oxygen atoms in total. The van der Waals surface area contributed by atoms with Gasteiger partial charge in [0.1, 0.15) is 5.82 Å². The first-order valence-corrected chi connectivity index (χ1v) is 9.34. The number of hydrogen-bond donors (Lipinski definition) is 1. The Labute approximate surface area is 154 Å². The van der Waals surface area contributed by atoms with Crippen molar-refractivity contribution >= 4 is 11.8 Å². The molecule has 1 unspecified atom stereocenters. The predicted octanol–water partition coefficient (Wildman–Crippen LogP) is 3.13. The van der Waals surface area contributed by atoms with E-state index in [-0.39, 0.29) is 6.03 Å². The van der Waals surface area contributed by atoms with Crippen LogP contribution in [0.25, 0.3) is 0 Å². The Morgan fingerprint density at radius 1 is 1.38 bits per heavy atom. The zero-order chi connectivity index (χ0) is 18.1. The van der Waals surface area contributed by atoms with Crippen LogP contribution in [0.3, 0.4) is 0 Å². The van der Waals surface area contributed by atoms with E-state index in [2.05, 4.69) is 36.4 Å². The van der Waals surface area contributed by atoms with Crippen LogP contribution in [0.1, 0.15) is 28.7 Å². The molecule has 1 N–H and O–H groups in total. The Balaban J connectivity index is 1.43. The van der Waals surface area contributed by atoms with Gasteiger partial charge in [-0.1, -0.05) is 17.7 Å². The van der Waals surface area contributed by atoms with Gasteiger partial charge < -0.3 is 9.64 Å². The van der Waals surface area contributed by atoms with Gasteiger partial charge in [0, 0.05) is 38.2 Å². The van der Waals surface area contributed by atoms with E-state index < -0.39 is 0 Å². The molecule has 0 saturated carbocycles. The summed E-state index contributed by atoms with van der Waals surface area (Å²) in [4.78, 5) is 14.7. The summed E-state index contributed by atoms with van der Waals surface area (Å²) in [6.07, 6.45) is 3.70. The molecule has 0 bridgehead atoms. The van der Waals surface area contributed by atoms with Crippen molar-refractivity contribution in [3.05, 3.63) is 46.6 Å². The Bertz CT molecular complexity index is 808. The van der Waals surface area contributed by atoms with E-state index in [0.29, 0.717) is 12.5 Å². The summed E-state index contributed by atoms with van der Waals surface area (Å²) in [7, 11) is 0. The fraction of sp³-hybridized carbons (Fsp3) is 0.500. The number of fused-ring (bicyclic) bond motifs is 1. The zero-order valence-electron chi connectivity index (χ0n) is 15.5. The molecule has 1 fully saturated rings. The Morgan fingerprint density at radius 2 is 2.27 bits per heavy atom. The molecule has 2 aliphatic rings. The van der Waals surface area contributed by atoms with E-state index in [0.717, 1.165) is 45.0 Å². The van der Waals surface area contributed by atoms with Crippen LogP contribution in [0, 0.1) is 19.8 Å². The number of anilines is 1. The van der Waals surface area contributed by atoms with Gasteiger partial charge in [-0.25, -0.2) is 9.48 Å². The third-order valence-electron chi connectivity index (χ3n) is 5.40. The molecule has 1 atom stereocenters. The van der Waals surface area contributed by atoms with Crippen molar-refractivity contribution in [2.75, 3.05) is 25.1 Å². The lowest BCUT2D eigenvalue weighted by Gasteiger charge is -2.30. The number of urea groups is 1. The molecular weight excluding hydrogens is 328 g/mol. The molecule has 2 aliphatic heterocycles. The van der Waals surface area contributed by atoms with E-state index in [1.54, 1.807) is 6.20 Å². The highest BCUT2D eigenvalue weighted by molar-refractivity contribution is 5.88. The van der Waals surface area contributed by atoms with E-state index in [9.17, 15) is 4.79 Å². The second-order valence-corrected chi connectivity index (χ2v) is 7.45. The number of nitrogens with one attached hydrogen (secondary N) is 1. The maximum Gasteiger partial charge on any atom is 0.323 e. The minimum absolute atomic E-state index is 0.0555. The Hall–Kier alpha value is -2.34. The molecule has 2 aromatic rings. The van der Waals surface area contributed by atoms with Crippen molar-refractivity contribution < 1.29 is 9.53 Å². The van der Waals surface area contributed by atoms with Crippen molar-refractivity contribution in [3.8, 4) is 0 Å². The molecule has 1 aromatic carbocycles. The Morgan fingerprint density at radius 3 is 3.08 bits per heavy atom. The maximum absolute atomic E-state index is 12.8. The first-order valence-electron chi connectivity index (χ1n) is 9.34. The number of amides is 2. The lowest BCUT2D eigenvalue weighted by Crippen LogP contribution is -2.39. The van der Waals surface area contributed by atoms with Crippen LogP contribution in [0.15, 0.2) is 24.4 Å². The summed E-state index contributed by atoms with van der Waals surface area (Å²) in [5.74, 6) is 1.23. The summed E-state index contributed by atoms with van der Waals surface area (Å²) < 4.78 is 7.32. The molecule has 138 valence electrons. The van der Waals surface area contributed by atoms with E-state index in [1.165, 1.54) is 22.3 Å². The van der Waals surface area contributed by atoms with Crippen LogP contribution >= 0.6 is 0 Å². The van der Waals surface area contributed by atoms with E-state index in [4.69, 9.17) is 4.74 Å². The van der Waals surface area contributed by atoms with E-state index >= 15 is 0 Å². The van der Waals surface area contributed by atoms with Crippen LogP contribution in [0.5, 0.6) is 0 Å². The number of aryl methyl sites for hydroxylation is 2. The summed E-state index contributed by atoms with van der Waals surface area (Å²) in [5, 5.41) is 7.41. The molecule has 26 heavy (non-hydrogen) atoms. The van der Waals surface area contributed by atoms with Crippen molar-refractivity contribution in [3.63, 3.8) is 0 Å². The maximum atomic E-state index is 12.8. The van der Waals surface area contributed by atoms with Gasteiger partial charge in [-0.2, -0.15) is 5.10 Å². The zero-order valence-corrected chi connectivity index (χ0v) is 15.5. The number of hydrogen-bond acceptors (Lipinski definition) is 3. The first-order chi connectivity index (χ1) is 12.6. The minimum Gasteiger partial charge on any atom is -0.381 e. The molecule has 1 aromatic heterocycles. The first kappa shape index (κ1) is 17.1. The van der Waals surface area contributed by atoms with Gasteiger partial charge in [-0.3, -0.25) is 5.32 Å². The number of benzene rings is 1. The van der Waals surface area contributed by atoms with Crippen LogP contribution in [-0.4, -0.2) is 40.5 Å². The highest BCUT2D eigenvalue weighted by Gasteiger charge is 2.24. The highest BCUT2D eigenvalue weighted by atomic mass is 16.5. The molecule has 1 saturated heterocycles. The van der Waals surface area contributed by atoms with Gasteiger partial charge in [0.15, 0.2) is 0 Å². The SMILES string of the molecule is Cc1cc(C)c2c(c1)CCN(C(=O)Nc1ccnn1CC1CCOC1)C2. The molecule has 0 aliphatic carbocycles. The minimum atomic E-state index is -0.0555. The smallest absolute Gasteiger partial charge is 0.323 e. The number of rotatable bonds is 3. The summed E-state index contributed by atoms with van der Waals surface area (Å²) in [6, 6.07) is 6.25. The molecule has 4 rings (SSSR count). The van der Waals surface area contributed by atoms with Gasteiger partial charge in [0.05, 0.1) is 12.8 Å². The fourth-order valence-corrected chi connectivity index (χ4v) is 3.98. The Kier molecular flexibility index (Phi) is 4.68. The molecule has 6 heteroatoms. The van der Waals surface area contributed by atoms with Gasteiger partial charge >= 0.3 is 6.03 Å². The predicted molar refractivity (Wildman–Crippen MR) is 100 cm³/mol. The number of carbonyl (C=O) groups excluding carboxylic acids is 1. The summed E-state index contributed by atoms with van der Waals surface area (Å²) >= 11 is 0. The number of aromatic nitrogens is 2. The number of carbonyl (C=O) groups is 1. The molecule has 3 heterocycles. The number of nitrogens with zero attached hydrogens (tertiary/aromatic N) is 3. The van der Waals surface area contributed by atoms with Crippen molar-refractivity contribution in [1.29, 1.82) is 0 Å². The largest absolute Gasteiger partial charge is 0.381 e. The molecule has 0 spiro atoms. The van der Waals surface area contributed by atoms with Crippen molar-refractivity contribution in [2.45, 2.75) is 39.8 Å². The monoisotopic (exact) mass is 354 g/mol. The van der Waals surface area contributed by atoms with E-state index in [1.807, 2.05) is 15.6 Å². The topological polar surface area (TPSA) is 59.4 Å². The van der Waals surface area contributed by atoms with Crippen LogP contribution in [0.2, 0.25) is 0 Å². The normalized spacial score (nSPS) is 19.5. The fourth-order valence-electron chi connectivity index (χ4n) is 3.98. The molecule has 0 radical (unpaired) electrons. The second-order valence-electron chi connectivity index (χ2n) is 7.45. The number of ether oxygens (including phenoxy) is 1.